The lowest BCUT2D eigenvalue weighted by Crippen LogP contribution is -2.48. The number of piperidine rings is 1. The molecular formula is C20H24N4O3. The van der Waals surface area contributed by atoms with Gasteiger partial charge in [-0.25, -0.2) is 0 Å². The molecule has 7 nitrogen and oxygen atoms in total. The second-order valence-corrected chi connectivity index (χ2v) is 7.35. The Hall–Kier alpha value is -2.67. The van der Waals surface area contributed by atoms with Gasteiger partial charge in [0, 0.05) is 25.3 Å². The molecule has 27 heavy (non-hydrogen) atoms. The van der Waals surface area contributed by atoms with Crippen molar-refractivity contribution in [3.05, 3.63) is 53.7 Å². The molecule has 0 aromatic carbocycles. The topological polar surface area (TPSA) is 78.7 Å². The van der Waals surface area contributed by atoms with Gasteiger partial charge in [-0.2, -0.15) is 0 Å². The van der Waals surface area contributed by atoms with Crippen LogP contribution in [-0.2, 0) is 11.3 Å². The van der Waals surface area contributed by atoms with Crippen LogP contribution in [0, 0.1) is 0 Å². The van der Waals surface area contributed by atoms with Gasteiger partial charge in [0.05, 0.1) is 17.9 Å². The zero-order chi connectivity index (χ0) is 18.8. The van der Waals surface area contributed by atoms with Crippen LogP contribution >= 0.6 is 0 Å². The molecule has 142 valence electrons. The first-order valence-electron chi connectivity index (χ1n) is 9.37. The molecule has 4 rings (SSSR count). The Kier molecular flexibility index (Phi) is 4.94. The number of amides is 2. The van der Waals surface area contributed by atoms with Crippen molar-refractivity contribution in [2.45, 2.75) is 31.3 Å². The highest BCUT2D eigenvalue weighted by molar-refractivity contribution is 5.93. The van der Waals surface area contributed by atoms with Crippen LogP contribution in [0.15, 0.2) is 41.1 Å². The zero-order valence-electron chi connectivity index (χ0n) is 15.4. The maximum absolute atomic E-state index is 13.0. The largest absolute Gasteiger partial charge is 0.459 e. The summed E-state index contributed by atoms with van der Waals surface area (Å²) in [6.45, 7) is 2.70. The smallest absolute Gasteiger partial charge is 0.289 e. The van der Waals surface area contributed by atoms with Crippen LogP contribution in [0.5, 0.6) is 0 Å². The Labute approximate surface area is 158 Å². The number of aromatic nitrogens is 1. The lowest BCUT2D eigenvalue weighted by atomic mass is 9.93. The monoisotopic (exact) mass is 368 g/mol. The lowest BCUT2D eigenvalue weighted by Gasteiger charge is -2.35. The predicted octanol–water partition coefficient (Wildman–Crippen LogP) is 1.62. The third kappa shape index (κ3) is 3.73. The van der Waals surface area contributed by atoms with Crippen LogP contribution in [0.3, 0.4) is 0 Å². The molecule has 0 radical (unpaired) electrons. The first-order chi connectivity index (χ1) is 13.1. The van der Waals surface area contributed by atoms with Crippen molar-refractivity contribution >= 4 is 11.8 Å². The van der Waals surface area contributed by atoms with Crippen LogP contribution in [0.4, 0.5) is 0 Å². The fourth-order valence-corrected chi connectivity index (χ4v) is 3.85. The van der Waals surface area contributed by atoms with E-state index in [0.717, 1.165) is 37.2 Å². The van der Waals surface area contributed by atoms with E-state index in [1.165, 1.54) is 6.26 Å². The number of nitrogens with one attached hydrogen (secondary N) is 1. The fourth-order valence-electron chi connectivity index (χ4n) is 3.85. The second-order valence-electron chi connectivity index (χ2n) is 7.35. The normalized spacial score (nSPS) is 20.9. The number of carbonyl (C=O) groups excluding carboxylic acids is 2. The van der Waals surface area contributed by atoms with Gasteiger partial charge in [-0.1, -0.05) is 6.07 Å². The van der Waals surface area contributed by atoms with Crippen molar-refractivity contribution in [2.75, 3.05) is 26.7 Å². The minimum atomic E-state index is -0.464. The Bertz CT molecular complexity index is 812. The molecule has 1 fully saturated rings. The van der Waals surface area contributed by atoms with E-state index in [1.54, 1.807) is 23.2 Å². The molecule has 0 spiro atoms. The maximum Gasteiger partial charge on any atom is 0.289 e. The number of carbonyl (C=O) groups is 2. The zero-order valence-corrected chi connectivity index (χ0v) is 15.4. The van der Waals surface area contributed by atoms with Gasteiger partial charge in [0.2, 0.25) is 5.91 Å². The number of hydrogen-bond donors (Lipinski definition) is 1. The van der Waals surface area contributed by atoms with E-state index >= 15 is 0 Å². The quantitative estimate of drug-likeness (QED) is 0.891. The third-order valence-electron chi connectivity index (χ3n) is 5.42. The van der Waals surface area contributed by atoms with Crippen LogP contribution in [-0.4, -0.2) is 59.3 Å². The average molecular weight is 368 g/mol. The molecule has 1 saturated heterocycles. The molecule has 7 heteroatoms. The highest BCUT2D eigenvalue weighted by Gasteiger charge is 2.35. The molecule has 2 aliphatic heterocycles. The second kappa shape index (κ2) is 7.52. The van der Waals surface area contributed by atoms with Crippen LogP contribution in [0.25, 0.3) is 0 Å². The maximum atomic E-state index is 13.0. The van der Waals surface area contributed by atoms with Gasteiger partial charge in [0.15, 0.2) is 5.76 Å². The van der Waals surface area contributed by atoms with Crippen LogP contribution in [0.2, 0.25) is 0 Å². The summed E-state index contributed by atoms with van der Waals surface area (Å²) in [5.74, 6) is -0.432. The number of furan rings is 1. The molecule has 0 aliphatic carbocycles. The average Bonchev–Trinajstić information content (AvgIpc) is 3.23. The number of nitrogens with zero attached hydrogens (tertiary/aromatic N) is 3. The van der Waals surface area contributed by atoms with E-state index in [4.69, 9.17) is 4.42 Å². The van der Waals surface area contributed by atoms with E-state index in [0.29, 0.717) is 13.1 Å². The number of rotatable bonds is 3. The summed E-state index contributed by atoms with van der Waals surface area (Å²) in [5.41, 5.74) is 1.68. The van der Waals surface area contributed by atoms with E-state index in [1.807, 2.05) is 12.1 Å². The fraction of sp³-hybridized carbons (Fsp3) is 0.450. The van der Waals surface area contributed by atoms with Gasteiger partial charge >= 0.3 is 0 Å². The highest BCUT2D eigenvalue weighted by atomic mass is 16.3. The van der Waals surface area contributed by atoms with E-state index < -0.39 is 5.92 Å². The molecule has 2 aromatic heterocycles. The van der Waals surface area contributed by atoms with Crippen LogP contribution in [0.1, 0.15) is 40.6 Å². The summed E-state index contributed by atoms with van der Waals surface area (Å²) >= 11 is 0. The Morgan fingerprint density at radius 3 is 2.78 bits per heavy atom. The predicted molar refractivity (Wildman–Crippen MR) is 99.1 cm³/mol. The number of hydrogen-bond acceptors (Lipinski definition) is 5. The lowest BCUT2D eigenvalue weighted by molar-refractivity contribution is -0.124. The van der Waals surface area contributed by atoms with Gasteiger partial charge in [-0.05, 0) is 56.7 Å². The third-order valence-corrected chi connectivity index (χ3v) is 5.42. The first-order valence-corrected chi connectivity index (χ1v) is 9.37. The van der Waals surface area contributed by atoms with Crippen molar-refractivity contribution in [3.8, 4) is 0 Å². The summed E-state index contributed by atoms with van der Waals surface area (Å²) in [6.07, 6.45) is 5.08. The summed E-state index contributed by atoms with van der Waals surface area (Å²) in [6, 6.07) is 7.29. The van der Waals surface area contributed by atoms with E-state index in [-0.39, 0.29) is 23.6 Å². The number of fused-ring (bicyclic) bond motifs is 1. The Balaban J connectivity index is 1.53. The molecule has 4 heterocycles. The summed E-state index contributed by atoms with van der Waals surface area (Å²) < 4.78 is 5.25. The number of pyridine rings is 1. The molecule has 2 aromatic rings. The van der Waals surface area contributed by atoms with Crippen LogP contribution < -0.4 is 5.32 Å². The van der Waals surface area contributed by atoms with Crippen molar-refractivity contribution in [1.82, 2.24) is 20.1 Å². The van der Waals surface area contributed by atoms with Gasteiger partial charge in [0.1, 0.15) is 0 Å². The highest BCUT2D eigenvalue weighted by Crippen LogP contribution is 2.28. The SMILES string of the molecule is CN1CCC(NC(=O)C2CN(C(=O)c3ccco3)Cc3cccnc32)CC1. The van der Waals surface area contributed by atoms with Gasteiger partial charge in [0.25, 0.3) is 5.91 Å². The van der Waals surface area contributed by atoms with Crippen molar-refractivity contribution in [3.63, 3.8) is 0 Å². The molecule has 0 bridgehead atoms. The molecule has 2 aliphatic rings. The summed E-state index contributed by atoms with van der Waals surface area (Å²) in [5, 5.41) is 3.18. The summed E-state index contributed by atoms with van der Waals surface area (Å²) in [4.78, 5) is 34.2. The van der Waals surface area contributed by atoms with Gasteiger partial charge < -0.3 is 19.5 Å². The molecule has 0 saturated carbocycles. The molecular weight excluding hydrogens is 344 g/mol. The van der Waals surface area contributed by atoms with Gasteiger partial charge in [-0.3, -0.25) is 14.6 Å². The molecule has 2 amide bonds. The number of likely N-dealkylation sites (tertiary alicyclic amines) is 1. The van der Waals surface area contributed by atoms with E-state index in [2.05, 4.69) is 22.2 Å². The minimum absolute atomic E-state index is 0.0542. The minimum Gasteiger partial charge on any atom is -0.459 e. The Morgan fingerprint density at radius 1 is 1.22 bits per heavy atom. The summed E-state index contributed by atoms with van der Waals surface area (Å²) in [7, 11) is 2.09. The molecule has 1 atom stereocenters. The molecule has 1 unspecified atom stereocenters. The van der Waals surface area contributed by atoms with Crippen molar-refractivity contribution < 1.29 is 14.0 Å². The van der Waals surface area contributed by atoms with Crippen molar-refractivity contribution in [2.24, 2.45) is 0 Å². The molecule has 1 N–H and O–H groups in total. The van der Waals surface area contributed by atoms with Gasteiger partial charge in [-0.15, -0.1) is 0 Å². The Morgan fingerprint density at radius 2 is 2.04 bits per heavy atom. The first kappa shape index (κ1) is 17.7. The van der Waals surface area contributed by atoms with E-state index in [9.17, 15) is 9.59 Å². The standard InChI is InChI=1S/C20H24N4O3/c1-23-9-6-15(7-10-23)22-19(25)16-13-24(20(26)17-5-3-11-27-17)12-14-4-2-8-21-18(14)16/h2-5,8,11,15-16H,6-7,9-10,12-13H2,1H3,(H,22,25). The van der Waals surface area contributed by atoms with Crippen molar-refractivity contribution in [1.29, 1.82) is 0 Å².